The van der Waals surface area contributed by atoms with Crippen LogP contribution in [0.1, 0.15) is 22.3 Å². The fourth-order valence-corrected chi connectivity index (χ4v) is 4.42. The van der Waals surface area contributed by atoms with Gasteiger partial charge in [0.25, 0.3) is 11.8 Å². The Morgan fingerprint density at radius 2 is 1.43 bits per heavy atom. The summed E-state index contributed by atoms with van der Waals surface area (Å²) in [5.74, 6) is -0.609. The lowest BCUT2D eigenvalue weighted by Gasteiger charge is -2.16. The smallest absolute Gasteiger partial charge is 0.268 e. The number of aryl methyl sites for hydroxylation is 3. The Bertz CT molecular complexity index is 1180. The van der Waals surface area contributed by atoms with E-state index in [1.54, 1.807) is 12.1 Å². The molecule has 0 N–H and O–H groups in total. The third kappa shape index (κ3) is 3.81. The molecule has 3 aromatic rings. The maximum Gasteiger partial charge on any atom is 0.272 e. The Morgan fingerprint density at radius 1 is 0.767 bits per heavy atom. The van der Waals surface area contributed by atoms with Crippen LogP contribution in [-0.4, -0.2) is 11.8 Å². The van der Waals surface area contributed by atoms with Gasteiger partial charge in [-0.2, -0.15) is 0 Å². The molecule has 1 aliphatic rings. The first kappa shape index (κ1) is 20.5. The van der Waals surface area contributed by atoms with Gasteiger partial charge in [0.2, 0.25) is 0 Å². The number of carbonyl (C=O) groups excluding carboxylic acids is 2. The first-order valence-corrected chi connectivity index (χ1v) is 10.8. The van der Waals surface area contributed by atoms with Crippen molar-refractivity contribution >= 4 is 46.4 Å². The van der Waals surface area contributed by atoms with E-state index in [1.165, 1.54) is 16.7 Å². The zero-order valence-electron chi connectivity index (χ0n) is 16.9. The quantitative estimate of drug-likeness (QED) is 0.450. The first-order chi connectivity index (χ1) is 14.3. The van der Waals surface area contributed by atoms with E-state index < -0.39 is 0 Å². The Hall–Kier alpha value is -2.82. The van der Waals surface area contributed by atoms with E-state index in [0.717, 1.165) is 27.1 Å². The van der Waals surface area contributed by atoms with Gasteiger partial charge in [-0.15, -0.1) is 0 Å². The van der Waals surface area contributed by atoms with Crippen LogP contribution in [0.2, 0.25) is 5.02 Å². The van der Waals surface area contributed by atoms with Crippen LogP contribution in [0.15, 0.2) is 76.5 Å². The maximum atomic E-state index is 13.5. The molecular formula is C25H20ClNO2S. The SMILES string of the molecule is Cc1ccc(C2=C(Sc3ccc(Cl)cc3)C(=O)N(c3ccc(C)c(C)c3)C2=O)cc1. The lowest BCUT2D eigenvalue weighted by atomic mass is 10.0. The summed E-state index contributed by atoms with van der Waals surface area (Å²) in [7, 11) is 0. The number of carbonyl (C=O) groups is 2. The number of thioether (sulfide) groups is 1. The average molecular weight is 434 g/mol. The van der Waals surface area contributed by atoms with Gasteiger partial charge in [-0.3, -0.25) is 9.59 Å². The van der Waals surface area contributed by atoms with Crippen LogP contribution < -0.4 is 4.90 Å². The van der Waals surface area contributed by atoms with E-state index in [9.17, 15) is 9.59 Å². The first-order valence-electron chi connectivity index (χ1n) is 9.56. The number of hydrogen-bond donors (Lipinski definition) is 0. The minimum atomic E-state index is -0.307. The van der Waals surface area contributed by atoms with E-state index in [2.05, 4.69) is 0 Å². The van der Waals surface area contributed by atoms with Gasteiger partial charge < -0.3 is 0 Å². The van der Waals surface area contributed by atoms with Crippen molar-refractivity contribution in [3.8, 4) is 0 Å². The molecule has 1 heterocycles. The molecular weight excluding hydrogens is 414 g/mol. The number of rotatable bonds is 4. The van der Waals surface area contributed by atoms with Crippen molar-refractivity contribution < 1.29 is 9.59 Å². The number of hydrogen-bond acceptors (Lipinski definition) is 3. The number of anilines is 1. The minimum absolute atomic E-state index is 0.302. The van der Waals surface area contributed by atoms with E-state index >= 15 is 0 Å². The summed E-state index contributed by atoms with van der Waals surface area (Å²) in [6.45, 7) is 5.97. The van der Waals surface area contributed by atoms with Crippen molar-refractivity contribution in [2.24, 2.45) is 0 Å². The molecule has 3 aromatic carbocycles. The summed E-state index contributed by atoms with van der Waals surface area (Å²) < 4.78 is 0. The number of amides is 2. The molecule has 3 nitrogen and oxygen atoms in total. The van der Waals surface area contributed by atoms with E-state index in [-0.39, 0.29) is 11.8 Å². The topological polar surface area (TPSA) is 37.4 Å². The molecule has 0 aliphatic carbocycles. The molecule has 5 heteroatoms. The average Bonchev–Trinajstić information content (AvgIpc) is 2.96. The van der Waals surface area contributed by atoms with Gasteiger partial charge in [0, 0.05) is 9.92 Å². The molecule has 0 saturated carbocycles. The fourth-order valence-electron chi connectivity index (χ4n) is 3.30. The van der Waals surface area contributed by atoms with Crippen molar-refractivity contribution in [2.45, 2.75) is 25.7 Å². The molecule has 150 valence electrons. The summed E-state index contributed by atoms with van der Waals surface area (Å²) >= 11 is 7.29. The van der Waals surface area contributed by atoms with Crippen molar-refractivity contribution in [1.29, 1.82) is 0 Å². The minimum Gasteiger partial charge on any atom is -0.268 e. The van der Waals surface area contributed by atoms with Gasteiger partial charge in [-0.1, -0.05) is 59.3 Å². The highest BCUT2D eigenvalue weighted by Crippen LogP contribution is 2.41. The van der Waals surface area contributed by atoms with Crippen LogP contribution in [0, 0.1) is 20.8 Å². The molecule has 30 heavy (non-hydrogen) atoms. The molecule has 0 atom stereocenters. The molecule has 4 rings (SSSR count). The Morgan fingerprint density at radius 3 is 2.07 bits per heavy atom. The highest BCUT2D eigenvalue weighted by Gasteiger charge is 2.40. The molecule has 0 spiro atoms. The lowest BCUT2D eigenvalue weighted by Crippen LogP contribution is -2.31. The number of benzene rings is 3. The highest BCUT2D eigenvalue weighted by molar-refractivity contribution is 8.04. The van der Waals surface area contributed by atoms with Gasteiger partial charge in [-0.25, -0.2) is 4.90 Å². The zero-order chi connectivity index (χ0) is 21.4. The van der Waals surface area contributed by atoms with Gasteiger partial charge in [0.15, 0.2) is 0 Å². The second-order valence-corrected chi connectivity index (χ2v) is 8.86. The third-order valence-electron chi connectivity index (χ3n) is 5.16. The monoisotopic (exact) mass is 433 g/mol. The van der Waals surface area contributed by atoms with Crippen molar-refractivity contribution in [1.82, 2.24) is 0 Å². The van der Waals surface area contributed by atoms with Crippen LogP contribution >= 0.6 is 23.4 Å². The van der Waals surface area contributed by atoms with Crippen molar-refractivity contribution in [3.05, 3.63) is 98.9 Å². The summed E-state index contributed by atoms with van der Waals surface area (Å²) in [4.78, 5) is 29.4. The molecule has 0 saturated heterocycles. The molecule has 0 bridgehead atoms. The number of halogens is 1. The fraction of sp³-hybridized carbons (Fsp3) is 0.120. The van der Waals surface area contributed by atoms with Crippen LogP contribution in [0.5, 0.6) is 0 Å². The second-order valence-electron chi connectivity index (χ2n) is 7.34. The summed E-state index contributed by atoms with van der Waals surface area (Å²) in [5, 5.41) is 0.623. The van der Waals surface area contributed by atoms with E-state index in [4.69, 9.17) is 11.6 Å². The number of nitrogens with zero attached hydrogens (tertiary/aromatic N) is 1. The van der Waals surface area contributed by atoms with Gasteiger partial charge in [0.05, 0.1) is 16.2 Å². The Labute approximate surface area is 185 Å². The Balaban J connectivity index is 1.82. The summed E-state index contributed by atoms with van der Waals surface area (Å²) in [6.07, 6.45) is 0. The Kier molecular flexibility index (Phi) is 5.54. The molecule has 2 amide bonds. The summed E-state index contributed by atoms with van der Waals surface area (Å²) in [5.41, 5.74) is 4.99. The van der Waals surface area contributed by atoms with Gasteiger partial charge in [-0.05, 0) is 73.9 Å². The molecule has 0 radical (unpaired) electrons. The second kappa shape index (κ2) is 8.13. The molecule has 0 unspecified atom stereocenters. The van der Waals surface area contributed by atoms with Gasteiger partial charge >= 0.3 is 0 Å². The molecule has 0 aromatic heterocycles. The summed E-state index contributed by atoms with van der Waals surface area (Å²) in [6, 6.07) is 20.6. The van der Waals surface area contributed by atoms with E-state index in [1.807, 2.05) is 75.4 Å². The zero-order valence-corrected chi connectivity index (χ0v) is 18.5. The van der Waals surface area contributed by atoms with Crippen LogP contribution in [0.4, 0.5) is 5.69 Å². The predicted octanol–water partition coefficient (Wildman–Crippen LogP) is 6.34. The van der Waals surface area contributed by atoms with Gasteiger partial charge in [0.1, 0.15) is 0 Å². The van der Waals surface area contributed by atoms with Crippen LogP contribution in [0.3, 0.4) is 0 Å². The standard InChI is InChI=1S/C25H20ClNO2S/c1-15-4-7-18(8-5-15)22-23(30-21-12-9-19(26)10-13-21)25(29)27(24(22)28)20-11-6-16(2)17(3)14-20/h4-14H,1-3H3. The van der Waals surface area contributed by atoms with E-state index in [0.29, 0.717) is 21.2 Å². The maximum absolute atomic E-state index is 13.5. The molecule has 1 aliphatic heterocycles. The highest BCUT2D eigenvalue weighted by atomic mass is 35.5. The van der Waals surface area contributed by atoms with Crippen molar-refractivity contribution in [2.75, 3.05) is 4.90 Å². The largest absolute Gasteiger partial charge is 0.272 e. The normalized spacial score (nSPS) is 14.1. The van der Waals surface area contributed by atoms with Crippen LogP contribution in [-0.2, 0) is 9.59 Å². The lowest BCUT2D eigenvalue weighted by molar-refractivity contribution is -0.119. The van der Waals surface area contributed by atoms with Crippen LogP contribution in [0.25, 0.3) is 5.57 Å². The third-order valence-corrected chi connectivity index (χ3v) is 6.51. The predicted molar refractivity (Wildman–Crippen MR) is 124 cm³/mol. The van der Waals surface area contributed by atoms with Crippen molar-refractivity contribution in [3.63, 3.8) is 0 Å². The molecule has 0 fully saturated rings. The number of imide groups is 1.